The average Bonchev–Trinajstić information content (AvgIpc) is 1.50. The van der Waals surface area contributed by atoms with E-state index >= 15 is 0 Å². The zero-order valence-electron chi connectivity index (χ0n) is 64.5. The van der Waals surface area contributed by atoms with E-state index in [1.165, 1.54) is 221 Å². The molecule has 0 saturated heterocycles. The summed E-state index contributed by atoms with van der Waals surface area (Å²) in [6, 6.07) is 84.6. The minimum absolute atomic E-state index is 0.0304. The van der Waals surface area contributed by atoms with Crippen molar-refractivity contribution in [2.24, 2.45) is 0 Å². The normalized spacial score (nSPS) is 15.9. The first-order valence-corrected chi connectivity index (χ1v) is 40.0. The number of benzene rings is 12. The standard InChI is InChI=1S/C103H99NO2/c1-14-16-18-20-32-54-103(55-33-21-19-17-15-2)78-39-27-22-34-67(78)70-50-45-63(57-84(70)103)62-44-49-68-69-51-46-64(58-81(69)99(6,7)80(68)56-62)76-61-85-89(91-74-36-24-30-42-87(74)105-96(76)91)72-52-47-65(59-82(72)100(85,8)9)104(86-41-29-28-40-79(86)98(3,4)5)66-48-53-73-83(60-66)102(12,13)95-93(73)97-92(75-37-25-31-43-88(75)106-97)90-71-35-23-26-38-77(71)101(10,11)94(90)95/h22-31,34-53,56-61H,14-21,32-33,54-55H2,1-13H3. The zero-order valence-corrected chi connectivity index (χ0v) is 64.5. The number of furan rings is 2. The summed E-state index contributed by atoms with van der Waals surface area (Å²) in [5, 5.41) is 4.75. The number of hydrogen-bond acceptors (Lipinski definition) is 3. The van der Waals surface area contributed by atoms with Gasteiger partial charge < -0.3 is 13.7 Å². The van der Waals surface area contributed by atoms with E-state index in [2.05, 4.69) is 313 Å². The Labute approximate surface area is 627 Å². The molecule has 0 amide bonds. The van der Waals surface area contributed by atoms with Crippen molar-refractivity contribution in [2.45, 2.75) is 200 Å². The van der Waals surface area contributed by atoms with Gasteiger partial charge in [0.15, 0.2) is 0 Å². The Morgan fingerprint density at radius 2 is 0.755 bits per heavy atom. The van der Waals surface area contributed by atoms with Gasteiger partial charge in [-0.25, -0.2) is 0 Å². The predicted molar refractivity (Wildman–Crippen MR) is 448 cm³/mol. The molecule has 0 N–H and O–H groups in total. The van der Waals surface area contributed by atoms with Gasteiger partial charge in [-0.15, -0.1) is 0 Å². The maximum Gasteiger partial charge on any atom is 0.144 e. The SMILES string of the molecule is CCCCCCCC1(CCCCCCC)c2ccccc2-c2ccc(-c3ccc4c(c3)C(C)(C)c3cc(-c5cc6c(c7c5oc5ccccc57)-c5ccc(N(c7ccc8c(c7)C(C)(C)c7c9c(c%10c(oc%11ccccc%11%10)c7-8)-c7ccccc7C9(C)C)c7ccccc7C(C)(C)C)cc5C6(C)C)ccc3-4)cc21. The summed E-state index contributed by atoms with van der Waals surface area (Å²) in [7, 11) is 0. The zero-order chi connectivity index (χ0) is 72.7. The van der Waals surface area contributed by atoms with E-state index in [4.69, 9.17) is 8.83 Å². The monoisotopic (exact) mass is 1380 g/mol. The molecular weight excluding hydrogens is 1280 g/mol. The highest BCUT2D eigenvalue weighted by molar-refractivity contribution is 6.22. The number of rotatable bonds is 17. The van der Waals surface area contributed by atoms with E-state index in [1.54, 1.807) is 11.1 Å². The number of fused-ring (bicyclic) bond motifs is 25. The Hall–Kier alpha value is -9.96. The summed E-state index contributed by atoms with van der Waals surface area (Å²) >= 11 is 0. The number of hydrogen-bond donors (Lipinski definition) is 0. The lowest BCUT2D eigenvalue weighted by atomic mass is 9.70. The van der Waals surface area contributed by atoms with Crippen molar-refractivity contribution in [3.63, 3.8) is 0 Å². The van der Waals surface area contributed by atoms with E-state index in [9.17, 15) is 0 Å². The second-order valence-electron chi connectivity index (χ2n) is 35.3. The Kier molecular flexibility index (Phi) is 15.1. The molecule has 0 aliphatic heterocycles. The van der Waals surface area contributed by atoms with Crippen LogP contribution in [0, 0.1) is 0 Å². The van der Waals surface area contributed by atoms with Crippen molar-refractivity contribution in [1.29, 1.82) is 0 Å². The number of nitrogens with zero attached hydrogens (tertiary/aromatic N) is 1. The Morgan fingerprint density at radius 3 is 1.39 bits per heavy atom. The third-order valence-corrected chi connectivity index (χ3v) is 26.6. The molecule has 12 aromatic carbocycles. The van der Waals surface area contributed by atoms with Gasteiger partial charge in [-0.1, -0.05) is 306 Å². The van der Waals surface area contributed by atoms with Crippen LogP contribution in [-0.4, -0.2) is 0 Å². The van der Waals surface area contributed by atoms with E-state index < -0.39 is 5.41 Å². The van der Waals surface area contributed by atoms with Crippen LogP contribution in [-0.2, 0) is 32.5 Å². The van der Waals surface area contributed by atoms with Crippen LogP contribution in [0.5, 0.6) is 0 Å². The fourth-order valence-electron chi connectivity index (χ4n) is 21.3. The molecule has 2 aromatic heterocycles. The lowest BCUT2D eigenvalue weighted by Gasteiger charge is -2.34. The van der Waals surface area contributed by atoms with Gasteiger partial charge in [0.05, 0.1) is 0 Å². The minimum atomic E-state index is -0.395. The summed E-state index contributed by atoms with van der Waals surface area (Å²) in [5.74, 6) is 0. The van der Waals surface area contributed by atoms with Crippen LogP contribution in [0.3, 0.4) is 0 Å². The summed E-state index contributed by atoms with van der Waals surface area (Å²) in [6.45, 7) is 31.4. The Bertz CT molecular complexity index is 5980. The van der Waals surface area contributed by atoms with Gasteiger partial charge in [0.25, 0.3) is 0 Å². The van der Waals surface area contributed by atoms with Crippen molar-refractivity contribution < 1.29 is 8.83 Å². The molecule has 528 valence electrons. The van der Waals surface area contributed by atoms with Gasteiger partial charge in [0.1, 0.15) is 22.3 Å². The third-order valence-electron chi connectivity index (χ3n) is 26.6. The summed E-state index contributed by atoms with van der Waals surface area (Å²) in [4.78, 5) is 2.57. The van der Waals surface area contributed by atoms with Crippen molar-refractivity contribution in [1.82, 2.24) is 0 Å². The molecule has 2 heterocycles. The molecule has 106 heavy (non-hydrogen) atoms. The van der Waals surface area contributed by atoms with Gasteiger partial charge in [-0.05, 0) is 213 Å². The Balaban J connectivity index is 0.711. The van der Waals surface area contributed by atoms with Gasteiger partial charge in [-0.3, -0.25) is 0 Å². The lowest BCUT2D eigenvalue weighted by Crippen LogP contribution is -2.25. The number of para-hydroxylation sites is 3. The summed E-state index contributed by atoms with van der Waals surface area (Å²) in [5.41, 5.74) is 39.3. The third kappa shape index (κ3) is 9.54. The number of unbranched alkanes of at least 4 members (excludes halogenated alkanes) is 8. The molecular formula is C103H99NO2. The van der Waals surface area contributed by atoms with Gasteiger partial charge in [0, 0.05) is 76.8 Å². The quantitative estimate of drug-likeness (QED) is 0.0851. The molecule has 5 aliphatic rings. The minimum Gasteiger partial charge on any atom is -0.455 e. The van der Waals surface area contributed by atoms with Crippen LogP contribution in [0.25, 0.3) is 122 Å². The second-order valence-corrected chi connectivity index (χ2v) is 35.3. The van der Waals surface area contributed by atoms with Crippen LogP contribution in [0.2, 0.25) is 0 Å². The highest BCUT2D eigenvalue weighted by atomic mass is 16.3. The van der Waals surface area contributed by atoms with E-state index in [1.807, 2.05) is 0 Å². The first-order valence-electron chi connectivity index (χ1n) is 40.0. The summed E-state index contributed by atoms with van der Waals surface area (Å²) < 4.78 is 14.4. The molecule has 14 aromatic rings. The van der Waals surface area contributed by atoms with E-state index in [-0.39, 0.29) is 27.1 Å². The summed E-state index contributed by atoms with van der Waals surface area (Å²) in [6.07, 6.45) is 15.4. The molecule has 0 spiro atoms. The predicted octanol–water partition coefficient (Wildman–Crippen LogP) is 29.8. The topological polar surface area (TPSA) is 29.5 Å². The molecule has 0 bridgehead atoms. The first-order chi connectivity index (χ1) is 51.2. The van der Waals surface area contributed by atoms with Crippen molar-refractivity contribution in [3.05, 3.63) is 280 Å². The molecule has 5 aliphatic carbocycles. The average molecular weight is 1380 g/mol. The van der Waals surface area contributed by atoms with Crippen LogP contribution in [0.15, 0.2) is 227 Å². The van der Waals surface area contributed by atoms with Crippen molar-refractivity contribution in [2.75, 3.05) is 4.90 Å². The molecule has 19 rings (SSSR count). The van der Waals surface area contributed by atoms with Crippen molar-refractivity contribution >= 4 is 60.9 Å². The first kappa shape index (κ1) is 66.7. The highest BCUT2D eigenvalue weighted by Gasteiger charge is 2.50. The fourth-order valence-corrected chi connectivity index (χ4v) is 21.3. The molecule has 0 atom stereocenters. The van der Waals surface area contributed by atoms with E-state index in [0.29, 0.717) is 0 Å². The van der Waals surface area contributed by atoms with Crippen LogP contribution < -0.4 is 4.90 Å². The largest absolute Gasteiger partial charge is 0.455 e. The molecule has 0 unspecified atom stereocenters. The van der Waals surface area contributed by atoms with Crippen LogP contribution >= 0.6 is 0 Å². The van der Waals surface area contributed by atoms with Gasteiger partial charge in [-0.2, -0.15) is 0 Å². The lowest BCUT2D eigenvalue weighted by molar-refractivity contribution is 0.399. The Morgan fingerprint density at radius 1 is 0.321 bits per heavy atom. The maximum atomic E-state index is 7.26. The van der Waals surface area contributed by atoms with E-state index in [0.717, 1.165) is 44.7 Å². The van der Waals surface area contributed by atoms with Gasteiger partial charge >= 0.3 is 0 Å². The van der Waals surface area contributed by atoms with Crippen LogP contribution in [0.4, 0.5) is 17.1 Å². The van der Waals surface area contributed by atoms with Gasteiger partial charge in [0.2, 0.25) is 0 Å². The highest BCUT2D eigenvalue weighted by Crippen LogP contribution is 2.65. The molecule has 0 saturated carbocycles. The fraction of sp³-hybridized carbons (Fsp3) is 0.301. The molecule has 0 radical (unpaired) electrons. The van der Waals surface area contributed by atoms with Crippen molar-refractivity contribution in [3.8, 4) is 77.9 Å². The van der Waals surface area contributed by atoms with Crippen LogP contribution in [0.1, 0.15) is 228 Å². The smallest absolute Gasteiger partial charge is 0.144 e. The number of anilines is 3. The molecule has 0 fully saturated rings. The molecule has 3 nitrogen and oxygen atoms in total. The molecule has 3 heteroatoms. The maximum absolute atomic E-state index is 7.26. The second kappa shape index (κ2) is 24.0.